The number of aromatic nitrogens is 1. The summed E-state index contributed by atoms with van der Waals surface area (Å²) in [6, 6.07) is 6.38. The maximum absolute atomic E-state index is 11.9. The molecule has 2 aromatic rings. The number of rotatable bonds is 5. The Bertz CT molecular complexity index is 640. The summed E-state index contributed by atoms with van der Waals surface area (Å²) in [6.07, 6.45) is -0.179. The van der Waals surface area contributed by atoms with Crippen molar-refractivity contribution in [2.45, 2.75) is 26.4 Å². The van der Waals surface area contributed by atoms with Crippen LogP contribution in [0.5, 0.6) is 0 Å². The predicted octanol–water partition coefficient (Wildman–Crippen LogP) is 3.05. The number of hydrogen-bond donors (Lipinski definition) is 3. The van der Waals surface area contributed by atoms with Crippen molar-refractivity contribution in [1.82, 2.24) is 10.5 Å². The van der Waals surface area contributed by atoms with Crippen molar-refractivity contribution in [3.63, 3.8) is 0 Å². The molecule has 3 N–H and O–H groups in total. The third-order valence-corrected chi connectivity index (χ3v) is 3.46. The number of nitrogens with one attached hydrogen (secondary N) is 2. The molecule has 1 aromatic carbocycles. The van der Waals surface area contributed by atoms with Crippen LogP contribution >= 0.6 is 11.6 Å². The summed E-state index contributed by atoms with van der Waals surface area (Å²) in [5, 5.41) is 19.7. The van der Waals surface area contributed by atoms with E-state index in [2.05, 4.69) is 15.8 Å². The van der Waals surface area contributed by atoms with Gasteiger partial charge >= 0.3 is 6.03 Å². The first kappa shape index (κ1) is 16.3. The highest BCUT2D eigenvalue weighted by atomic mass is 35.5. The molecule has 1 atom stereocenters. The number of anilines is 1. The number of aliphatic hydroxyl groups is 1. The van der Waals surface area contributed by atoms with Crippen LogP contribution in [0, 0.1) is 6.92 Å². The summed E-state index contributed by atoms with van der Waals surface area (Å²) in [5.41, 5.74) is 1.87. The van der Waals surface area contributed by atoms with Gasteiger partial charge in [-0.2, -0.15) is 0 Å². The van der Waals surface area contributed by atoms with Crippen molar-refractivity contribution in [3.05, 3.63) is 46.3 Å². The minimum Gasteiger partial charge on any atom is -0.387 e. The Morgan fingerprint density at radius 1 is 1.41 bits per heavy atom. The van der Waals surface area contributed by atoms with Crippen molar-refractivity contribution in [1.29, 1.82) is 0 Å². The number of amides is 2. The van der Waals surface area contributed by atoms with Gasteiger partial charge in [0.2, 0.25) is 0 Å². The van der Waals surface area contributed by atoms with E-state index in [-0.39, 0.29) is 6.54 Å². The van der Waals surface area contributed by atoms with Crippen molar-refractivity contribution < 1.29 is 14.4 Å². The summed E-state index contributed by atoms with van der Waals surface area (Å²) in [5.74, 6) is 0.617. The van der Waals surface area contributed by atoms with Gasteiger partial charge in [-0.05, 0) is 24.6 Å². The number of benzene rings is 1. The molecule has 0 aliphatic carbocycles. The zero-order valence-electron chi connectivity index (χ0n) is 12.4. The summed E-state index contributed by atoms with van der Waals surface area (Å²) in [6.45, 7) is 3.74. The van der Waals surface area contributed by atoms with Crippen LogP contribution in [-0.4, -0.2) is 22.8 Å². The summed E-state index contributed by atoms with van der Waals surface area (Å²) in [7, 11) is 0. The molecule has 0 saturated carbocycles. The van der Waals surface area contributed by atoms with Gasteiger partial charge in [0.15, 0.2) is 5.76 Å². The van der Waals surface area contributed by atoms with Crippen LogP contribution in [0.4, 0.5) is 10.5 Å². The van der Waals surface area contributed by atoms with Gasteiger partial charge in [0.25, 0.3) is 0 Å². The molecule has 0 radical (unpaired) electrons. The van der Waals surface area contributed by atoms with Crippen LogP contribution < -0.4 is 10.6 Å². The molecule has 6 nitrogen and oxygen atoms in total. The van der Waals surface area contributed by atoms with E-state index in [1.54, 1.807) is 31.2 Å². The number of hydrogen-bond acceptors (Lipinski definition) is 4. The largest absolute Gasteiger partial charge is 0.387 e. The maximum Gasteiger partial charge on any atom is 0.319 e. The Hall–Kier alpha value is -2.05. The van der Waals surface area contributed by atoms with Crippen molar-refractivity contribution in [2.24, 2.45) is 0 Å². The Balaban J connectivity index is 1.90. The topological polar surface area (TPSA) is 87.4 Å². The van der Waals surface area contributed by atoms with Crippen molar-refractivity contribution >= 4 is 23.3 Å². The van der Waals surface area contributed by atoms with Crippen LogP contribution in [0.25, 0.3) is 0 Å². The molecule has 0 aliphatic rings. The molecule has 2 rings (SSSR count). The lowest BCUT2D eigenvalue weighted by Gasteiger charge is -2.13. The van der Waals surface area contributed by atoms with Gasteiger partial charge in [-0.25, -0.2) is 4.79 Å². The lowest BCUT2D eigenvalue weighted by atomic mass is 10.1. The molecule has 118 valence electrons. The molecule has 1 unspecified atom stereocenters. The standard InChI is InChI=1S/C15H18ClN3O3/c1-3-13-14(9(2)19-22-13)18-15(21)17-8-12(20)10-4-6-11(16)7-5-10/h4-7,12,20H,3,8H2,1-2H3,(H2,17,18,21). The molecule has 0 spiro atoms. The molecule has 0 saturated heterocycles. The maximum atomic E-state index is 11.9. The fourth-order valence-electron chi connectivity index (χ4n) is 1.97. The minimum absolute atomic E-state index is 0.0826. The summed E-state index contributed by atoms with van der Waals surface area (Å²) < 4.78 is 5.10. The molecule has 2 amide bonds. The number of carbonyl (C=O) groups is 1. The van der Waals surface area contributed by atoms with E-state index >= 15 is 0 Å². The van der Waals surface area contributed by atoms with E-state index in [4.69, 9.17) is 16.1 Å². The van der Waals surface area contributed by atoms with Crippen LogP contribution in [-0.2, 0) is 6.42 Å². The van der Waals surface area contributed by atoms with Crippen LogP contribution in [0.15, 0.2) is 28.8 Å². The van der Waals surface area contributed by atoms with E-state index in [0.29, 0.717) is 34.1 Å². The van der Waals surface area contributed by atoms with Gasteiger partial charge in [0.1, 0.15) is 11.4 Å². The van der Waals surface area contributed by atoms with Gasteiger partial charge in [0.05, 0.1) is 6.10 Å². The monoisotopic (exact) mass is 323 g/mol. The SMILES string of the molecule is CCc1onc(C)c1NC(=O)NCC(O)c1ccc(Cl)cc1. The first-order chi connectivity index (χ1) is 10.5. The Morgan fingerprint density at radius 3 is 2.73 bits per heavy atom. The Kier molecular flexibility index (Phi) is 5.41. The number of urea groups is 1. The Labute approximate surface area is 133 Å². The van der Waals surface area contributed by atoms with E-state index in [0.717, 1.165) is 0 Å². The van der Waals surface area contributed by atoms with E-state index in [1.165, 1.54) is 0 Å². The van der Waals surface area contributed by atoms with Crippen LogP contribution in [0.1, 0.15) is 30.0 Å². The quantitative estimate of drug-likeness (QED) is 0.789. The van der Waals surface area contributed by atoms with E-state index < -0.39 is 12.1 Å². The van der Waals surface area contributed by atoms with E-state index in [9.17, 15) is 9.90 Å². The second kappa shape index (κ2) is 7.29. The van der Waals surface area contributed by atoms with Crippen molar-refractivity contribution in [2.75, 3.05) is 11.9 Å². The predicted molar refractivity (Wildman–Crippen MR) is 84.1 cm³/mol. The smallest absolute Gasteiger partial charge is 0.319 e. The zero-order chi connectivity index (χ0) is 16.1. The molecule has 0 bridgehead atoms. The molecule has 22 heavy (non-hydrogen) atoms. The highest BCUT2D eigenvalue weighted by Gasteiger charge is 2.15. The lowest BCUT2D eigenvalue weighted by Crippen LogP contribution is -2.32. The molecule has 7 heteroatoms. The van der Waals surface area contributed by atoms with Gasteiger partial charge < -0.3 is 20.3 Å². The van der Waals surface area contributed by atoms with Crippen LogP contribution in [0.3, 0.4) is 0 Å². The zero-order valence-corrected chi connectivity index (χ0v) is 13.1. The average Bonchev–Trinajstić information content (AvgIpc) is 2.86. The number of aliphatic hydroxyl groups excluding tert-OH is 1. The number of carbonyl (C=O) groups excluding carboxylic acids is 1. The van der Waals surface area contributed by atoms with Crippen LogP contribution in [0.2, 0.25) is 5.02 Å². The average molecular weight is 324 g/mol. The van der Waals surface area contributed by atoms with E-state index in [1.807, 2.05) is 6.92 Å². The summed E-state index contributed by atoms with van der Waals surface area (Å²) in [4.78, 5) is 11.9. The molecular weight excluding hydrogens is 306 g/mol. The minimum atomic E-state index is -0.808. The number of halogens is 1. The highest BCUT2D eigenvalue weighted by Crippen LogP contribution is 2.20. The molecule has 0 fully saturated rings. The van der Waals surface area contributed by atoms with Crippen molar-refractivity contribution in [3.8, 4) is 0 Å². The molecule has 1 aromatic heterocycles. The second-order valence-corrected chi connectivity index (χ2v) is 5.26. The molecule has 1 heterocycles. The molecule has 0 aliphatic heterocycles. The second-order valence-electron chi connectivity index (χ2n) is 4.82. The van der Waals surface area contributed by atoms with Gasteiger partial charge in [-0.15, -0.1) is 0 Å². The number of aryl methyl sites for hydroxylation is 2. The number of nitrogens with zero attached hydrogens (tertiary/aromatic N) is 1. The fourth-order valence-corrected chi connectivity index (χ4v) is 2.09. The Morgan fingerprint density at radius 2 is 2.09 bits per heavy atom. The fraction of sp³-hybridized carbons (Fsp3) is 0.333. The highest BCUT2D eigenvalue weighted by molar-refractivity contribution is 6.30. The first-order valence-electron chi connectivity index (χ1n) is 6.94. The van der Waals surface area contributed by atoms with Gasteiger partial charge in [-0.3, -0.25) is 0 Å². The summed E-state index contributed by atoms with van der Waals surface area (Å²) >= 11 is 5.79. The molecular formula is C15H18ClN3O3. The first-order valence-corrected chi connectivity index (χ1v) is 7.32. The third-order valence-electron chi connectivity index (χ3n) is 3.20. The van der Waals surface area contributed by atoms with Gasteiger partial charge in [0, 0.05) is 18.0 Å². The van der Waals surface area contributed by atoms with Gasteiger partial charge in [-0.1, -0.05) is 35.8 Å². The lowest BCUT2D eigenvalue weighted by molar-refractivity contribution is 0.175. The third kappa shape index (κ3) is 3.99. The normalized spacial score (nSPS) is 12.0.